The molecule has 0 saturated carbocycles. The summed E-state index contributed by atoms with van der Waals surface area (Å²) in [5.74, 6) is 0.893. The monoisotopic (exact) mass is 154 g/mol. The van der Waals surface area contributed by atoms with Gasteiger partial charge in [0.1, 0.15) is 10.5 Å². The molecule has 2 nitrogen and oxygen atoms in total. The molecule has 54 valence electrons. The largest absolute Gasteiger partial charge is 0.347 e. The van der Waals surface area contributed by atoms with E-state index in [0.717, 1.165) is 17.9 Å². The summed E-state index contributed by atoms with van der Waals surface area (Å²) in [5, 5.41) is 0. The Morgan fingerprint density at radius 1 is 1.70 bits per heavy atom. The maximum atomic E-state index is 4.92. The highest BCUT2D eigenvalue weighted by atomic mass is 32.1. The Hall–Kier alpha value is -0.700. The zero-order valence-electron chi connectivity index (χ0n) is 6.14. The molecule has 1 N–H and O–H groups in total. The fourth-order valence-corrected chi connectivity index (χ4v) is 1.11. The summed E-state index contributed by atoms with van der Waals surface area (Å²) in [6.07, 6.45) is 0.979. The lowest BCUT2D eigenvalue weighted by atomic mass is 10.3. The van der Waals surface area contributed by atoms with Crippen LogP contribution in [0, 0.1) is 11.6 Å². The van der Waals surface area contributed by atoms with Crippen LogP contribution in [0.1, 0.15) is 18.4 Å². The number of hydrogen-bond donors (Lipinski definition) is 1. The van der Waals surface area contributed by atoms with Crippen LogP contribution in [-0.4, -0.2) is 9.97 Å². The summed E-state index contributed by atoms with van der Waals surface area (Å²) < 4.78 is 0.674. The minimum atomic E-state index is 0.674. The van der Waals surface area contributed by atoms with Gasteiger partial charge in [0.2, 0.25) is 0 Å². The van der Waals surface area contributed by atoms with E-state index in [-0.39, 0.29) is 0 Å². The minimum Gasteiger partial charge on any atom is -0.347 e. The minimum absolute atomic E-state index is 0.674. The second kappa shape index (κ2) is 2.92. The Morgan fingerprint density at radius 2 is 2.40 bits per heavy atom. The molecule has 0 bridgehead atoms. The van der Waals surface area contributed by atoms with E-state index in [0.29, 0.717) is 4.64 Å². The van der Waals surface area contributed by atoms with E-state index in [1.54, 1.807) is 0 Å². The highest BCUT2D eigenvalue weighted by molar-refractivity contribution is 7.71. The number of aromatic nitrogens is 2. The van der Waals surface area contributed by atoms with Gasteiger partial charge in [0.05, 0.1) is 0 Å². The van der Waals surface area contributed by atoms with Gasteiger partial charge in [0, 0.05) is 5.69 Å². The van der Waals surface area contributed by atoms with Gasteiger partial charge in [-0.2, -0.15) is 0 Å². The van der Waals surface area contributed by atoms with Crippen LogP contribution in [0.5, 0.6) is 0 Å². The molecule has 0 spiro atoms. The number of nitrogens with zero attached hydrogens (tertiary/aromatic N) is 1. The highest BCUT2D eigenvalue weighted by Crippen LogP contribution is 1.96. The number of aromatic amines is 1. The Morgan fingerprint density at radius 3 is 2.90 bits per heavy atom. The summed E-state index contributed by atoms with van der Waals surface area (Å²) >= 11 is 4.92. The van der Waals surface area contributed by atoms with Gasteiger partial charge in [-0.05, 0) is 19.4 Å². The van der Waals surface area contributed by atoms with Gasteiger partial charge in [-0.15, -0.1) is 0 Å². The maximum Gasteiger partial charge on any atom is 0.129 e. The molecule has 0 aliphatic carbocycles. The summed E-state index contributed by atoms with van der Waals surface area (Å²) in [4.78, 5) is 7.16. The Bertz CT molecular complexity index is 277. The van der Waals surface area contributed by atoms with Crippen LogP contribution in [0.3, 0.4) is 0 Å². The molecule has 0 radical (unpaired) electrons. The predicted octanol–water partition coefficient (Wildman–Crippen LogP) is 2.01. The smallest absolute Gasteiger partial charge is 0.129 e. The van der Waals surface area contributed by atoms with E-state index in [9.17, 15) is 0 Å². The van der Waals surface area contributed by atoms with Gasteiger partial charge in [-0.3, -0.25) is 0 Å². The van der Waals surface area contributed by atoms with Crippen LogP contribution in [-0.2, 0) is 6.42 Å². The highest BCUT2D eigenvalue weighted by Gasteiger charge is 1.89. The number of H-pyrrole nitrogens is 1. The lowest BCUT2D eigenvalue weighted by Crippen LogP contribution is -1.92. The average molecular weight is 154 g/mol. The summed E-state index contributed by atoms with van der Waals surface area (Å²) in [6.45, 7) is 4.00. The molecule has 0 unspecified atom stereocenters. The van der Waals surface area contributed by atoms with E-state index in [2.05, 4.69) is 16.9 Å². The molecule has 0 amide bonds. The molecule has 0 aromatic carbocycles. The molecule has 0 fully saturated rings. The van der Waals surface area contributed by atoms with E-state index in [1.165, 1.54) is 0 Å². The van der Waals surface area contributed by atoms with Crippen LogP contribution >= 0.6 is 12.2 Å². The summed E-state index contributed by atoms with van der Waals surface area (Å²) in [6, 6.07) is 1.89. The Kier molecular flexibility index (Phi) is 2.17. The van der Waals surface area contributed by atoms with Gasteiger partial charge in [-0.25, -0.2) is 4.98 Å². The molecule has 10 heavy (non-hydrogen) atoms. The SMILES string of the molecule is CCc1cc(=S)nc(C)[nH]1. The van der Waals surface area contributed by atoms with Crippen molar-refractivity contribution in [3.8, 4) is 0 Å². The molecule has 0 saturated heterocycles. The molecular weight excluding hydrogens is 144 g/mol. The van der Waals surface area contributed by atoms with Gasteiger partial charge in [0.25, 0.3) is 0 Å². The molecule has 0 atom stereocenters. The van der Waals surface area contributed by atoms with Crippen molar-refractivity contribution in [3.63, 3.8) is 0 Å². The molecular formula is C7H10N2S. The number of aryl methyl sites for hydroxylation is 2. The number of rotatable bonds is 1. The van der Waals surface area contributed by atoms with Crippen LogP contribution in [0.4, 0.5) is 0 Å². The Balaban J connectivity index is 3.19. The quantitative estimate of drug-likeness (QED) is 0.627. The van der Waals surface area contributed by atoms with Crippen LogP contribution in [0.25, 0.3) is 0 Å². The zero-order chi connectivity index (χ0) is 7.56. The van der Waals surface area contributed by atoms with Crippen molar-refractivity contribution in [2.75, 3.05) is 0 Å². The number of nitrogens with one attached hydrogen (secondary N) is 1. The molecule has 3 heteroatoms. The molecule has 0 aliphatic heterocycles. The third-order valence-electron chi connectivity index (χ3n) is 1.30. The molecule has 1 aromatic heterocycles. The van der Waals surface area contributed by atoms with Gasteiger partial charge >= 0.3 is 0 Å². The number of hydrogen-bond acceptors (Lipinski definition) is 2. The zero-order valence-corrected chi connectivity index (χ0v) is 6.96. The topological polar surface area (TPSA) is 28.7 Å². The molecule has 0 aliphatic rings. The third kappa shape index (κ3) is 1.64. The van der Waals surface area contributed by atoms with Crippen molar-refractivity contribution in [1.82, 2.24) is 9.97 Å². The van der Waals surface area contributed by atoms with E-state index in [4.69, 9.17) is 12.2 Å². The first-order chi connectivity index (χ1) is 4.72. The van der Waals surface area contributed by atoms with Crippen LogP contribution in [0.2, 0.25) is 0 Å². The van der Waals surface area contributed by atoms with E-state index in [1.807, 2.05) is 13.0 Å². The standard InChI is InChI=1S/C7H10N2S/c1-3-6-4-7(10)9-5(2)8-6/h4H,3H2,1-2H3,(H,8,9,10). The summed E-state index contributed by atoms with van der Waals surface area (Å²) in [7, 11) is 0. The first kappa shape index (κ1) is 7.41. The van der Waals surface area contributed by atoms with Crippen LogP contribution in [0.15, 0.2) is 6.07 Å². The Labute approximate surface area is 65.3 Å². The molecule has 1 rings (SSSR count). The van der Waals surface area contributed by atoms with Gasteiger partial charge in [-0.1, -0.05) is 19.1 Å². The van der Waals surface area contributed by atoms with Crippen molar-refractivity contribution in [1.29, 1.82) is 0 Å². The second-order valence-electron chi connectivity index (χ2n) is 2.18. The van der Waals surface area contributed by atoms with Gasteiger partial charge in [0.15, 0.2) is 0 Å². The average Bonchev–Trinajstić information content (AvgIpc) is 1.85. The van der Waals surface area contributed by atoms with E-state index < -0.39 is 0 Å². The fraction of sp³-hybridized carbons (Fsp3) is 0.429. The van der Waals surface area contributed by atoms with Crippen molar-refractivity contribution >= 4 is 12.2 Å². The lowest BCUT2D eigenvalue weighted by molar-refractivity contribution is 0.942. The molecule has 1 aromatic rings. The lowest BCUT2D eigenvalue weighted by Gasteiger charge is -1.97. The normalized spacial score (nSPS) is 9.80. The summed E-state index contributed by atoms with van der Waals surface area (Å²) in [5.41, 5.74) is 1.15. The van der Waals surface area contributed by atoms with Crippen molar-refractivity contribution in [2.24, 2.45) is 0 Å². The fourth-order valence-electron chi connectivity index (χ4n) is 0.833. The van der Waals surface area contributed by atoms with Gasteiger partial charge < -0.3 is 4.98 Å². The second-order valence-corrected chi connectivity index (χ2v) is 2.60. The van der Waals surface area contributed by atoms with Crippen molar-refractivity contribution in [2.45, 2.75) is 20.3 Å². The molecule has 1 heterocycles. The first-order valence-corrected chi connectivity index (χ1v) is 3.70. The van der Waals surface area contributed by atoms with Crippen molar-refractivity contribution < 1.29 is 0 Å². The first-order valence-electron chi connectivity index (χ1n) is 3.29. The maximum absolute atomic E-state index is 4.92. The van der Waals surface area contributed by atoms with E-state index >= 15 is 0 Å². The van der Waals surface area contributed by atoms with Crippen molar-refractivity contribution in [3.05, 3.63) is 22.2 Å². The predicted molar refractivity (Wildman–Crippen MR) is 43.5 cm³/mol. The third-order valence-corrected chi connectivity index (χ3v) is 1.51. The van der Waals surface area contributed by atoms with Crippen LogP contribution < -0.4 is 0 Å².